The van der Waals surface area contributed by atoms with E-state index in [2.05, 4.69) is 16.3 Å². The number of ether oxygens (including phenoxy) is 1. The number of thiophene rings is 1. The Morgan fingerprint density at radius 1 is 1.31 bits per heavy atom. The van der Waals surface area contributed by atoms with Gasteiger partial charge < -0.3 is 15.0 Å². The molecule has 4 nitrogen and oxygen atoms in total. The number of benzene rings is 1. The van der Waals surface area contributed by atoms with Crippen LogP contribution in [0.1, 0.15) is 28.8 Å². The van der Waals surface area contributed by atoms with Crippen molar-refractivity contribution in [2.45, 2.75) is 31.3 Å². The molecular weight excluding hydrogens is 427 g/mol. The van der Waals surface area contributed by atoms with Crippen LogP contribution >= 0.6 is 34.5 Å². The molecule has 1 spiro atoms. The summed E-state index contributed by atoms with van der Waals surface area (Å²) in [6.45, 7) is 3.29. The van der Waals surface area contributed by atoms with Crippen molar-refractivity contribution < 1.29 is 9.53 Å². The van der Waals surface area contributed by atoms with Crippen molar-refractivity contribution in [1.29, 1.82) is 0 Å². The van der Waals surface area contributed by atoms with Gasteiger partial charge in [0.15, 0.2) is 0 Å². The van der Waals surface area contributed by atoms with E-state index in [-0.39, 0.29) is 17.4 Å². The second kappa shape index (κ2) is 8.94. The van der Waals surface area contributed by atoms with Crippen LogP contribution in [0.15, 0.2) is 30.3 Å². The van der Waals surface area contributed by atoms with Gasteiger partial charge in [0.2, 0.25) is 5.91 Å². The van der Waals surface area contributed by atoms with Crippen molar-refractivity contribution in [3.05, 3.63) is 55.7 Å². The zero-order valence-corrected chi connectivity index (χ0v) is 18.9. The fraction of sp³-hybridized carbons (Fsp3) is 0.500. The summed E-state index contributed by atoms with van der Waals surface area (Å²) >= 11 is 14.3. The molecule has 2 aliphatic heterocycles. The van der Waals surface area contributed by atoms with Crippen molar-refractivity contribution in [1.82, 2.24) is 10.2 Å². The standard InChI is InChI=1S/C22H26Cl2N2O2S/c1-25-21(27)17(12-15-4-2-3-5-18(15)23)14-26-9-7-22(8-10-26)20-16(6-11-28-22)13-19(24)29-20/h2-5,13,17H,6-12,14H2,1H3,(H,25,27)/t17-/m0/s1. The fourth-order valence-electron chi connectivity index (χ4n) is 4.54. The first-order valence-corrected chi connectivity index (χ1v) is 11.7. The molecular formula is C22H26Cl2N2O2S. The summed E-state index contributed by atoms with van der Waals surface area (Å²) in [6, 6.07) is 9.87. The number of halogens is 2. The van der Waals surface area contributed by atoms with Crippen LogP contribution in [-0.4, -0.2) is 44.1 Å². The highest BCUT2D eigenvalue weighted by Gasteiger charge is 2.42. The Balaban J connectivity index is 1.43. The highest BCUT2D eigenvalue weighted by molar-refractivity contribution is 7.16. The normalized spacial score (nSPS) is 19.7. The summed E-state index contributed by atoms with van der Waals surface area (Å²) in [4.78, 5) is 16.2. The number of hydrogen-bond donors (Lipinski definition) is 1. The van der Waals surface area contributed by atoms with Crippen molar-refractivity contribution in [3.63, 3.8) is 0 Å². The molecule has 0 aliphatic carbocycles. The Hall–Kier alpha value is -1.11. The second-order valence-corrected chi connectivity index (χ2v) is 10.00. The lowest BCUT2D eigenvalue weighted by Crippen LogP contribution is -2.48. The van der Waals surface area contributed by atoms with Gasteiger partial charge >= 0.3 is 0 Å². The van der Waals surface area contributed by atoms with Crippen LogP contribution in [-0.2, 0) is 28.0 Å². The lowest BCUT2D eigenvalue weighted by molar-refractivity contribution is -0.126. The molecule has 29 heavy (non-hydrogen) atoms. The first-order valence-electron chi connectivity index (χ1n) is 10.1. The van der Waals surface area contributed by atoms with Gasteiger partial charge in [-0.15, -0.1) is 11.3 Å². The molecule has 7 heteroatoms. The maximum atomic E-state index is 12.5. The summed E-state index contributed by atoms with van der Waals surface area (Å²) in [5, 5.41) is 3.54. The maximum absolute atomic E-state index is 12.5. The number of rotatable bonds is 5. The predicted molar refractivity (Wildman–Crippen MR) is 119 cm³/mol. The lowest BCUT2D eigenvalue weighted by Gasteiger charge is -2.44. The molecule has 1 saturated heterocycles. The van der Waals surface area contributed by atoms with Crippen molar-refractivity contribution in [2.75, 3.05) is 33.3 Å². The van der Waals surface area contributed by atoms with E-state index < -0.39 is 0 Å². The van der Waals surface area contributed by atoms with Gasteiger partial charge in [-0.2, -0.15) is 0 Å². The Morgan fingerprint density at radius 2 is 2.07 bits per heavy atom. The molecule has 2 aromatic rings. The molecule has 0 radical (unpaired) electrons. The average Bonchev–Trinajstić information content (AvgIpc) is 3.12. The van der Waals surface area contributed by atoms with E-state index in [9.17, 15) is 4.79 Å². The third-order valence-corrected chi connectivity index (χ3v) is 7.99. The summed E-state index contributed by atoms with van der Waals surface area (Å²) in [5.74, 6) is -0.0700. The highest BCUT2D eigenvalue weighted by Crippen LogP contribution is 2.46. The first-order chi connectivity index (χ1) is 14.0. The van der Waals surface area contributed by atoms with Gasteiger partial charge in [0.1, 0.15) is 5.60 Å². The molecule has 0 bridgehead atoms. The minimum absolute atomic E-state index is 0.0615. The third kappa shape index (κ3) is 4.49. The smallest absolute Gasteiger partial charge is 0.224 e. The number of nitrogens with one attached hydrogen (secondary N) is 1. The second-order valence-electron chi connectivity index (χ2n) is 7.90. The van der Waals surface area contributed by atoms with Gasteiger partial charge in [0.05, 0.1) is 16.9 Å². The largest absolute Gasteiger partial charge is 0.369 e. The van der Waals surface area contributed by atoms with Gasteiger partial charge in [0, 0.05) is 36.6 Å². The Morgan fingerprint density at radius 3 is 2.79 bits per heavy atom. The quantitative estimate of drug-likeness (QED) is 0.724. The lowest BCUT2D eigenvalue weighted by atomic mass is 9.85. The number of hydrogen-bond acceptors (Lipinski definition) is 4. The zero-order valence-electron chi connectivity index (χ0n) is 16.5. The average molecular weight is 453 g/mol. The molecule has 1 amide bonds. The van der Waals surface area contributed by atoms with Gasteiger partial charge in [-0.1, -0.05) is 41.4 Å². The molecule has 0 unspecified atom stereocenters. The first kappa shape index (κ1) is 21.1. The molecule has 1 N–H and O–H groups in total. The number of carbonyl (C=O) groups is 1. The van der Waals surface area contributed by atoms with Crippen LogP contribution in [0.4, 0.5) is 0 Å². The summed E-state index contributed by atoms with van der Waals surface area (Å²) in [5.41, 5.74) is 2.17. The van der Waals surface area contributed by atoms with E-state index in [1.165, 1.54) is 10.4 Å². The summed E-state index contributed by atoms with van der Waals surface area (Å²) in [7, 11) is 1.70. The summed E-state index contributed by atoms with van der Waals surface area (Å²) in [6.07, 6.45) is 3.45. The summed E-state index contributed by atoms with van der Waals surface area (Å²) < 4.78 is 7.16. The molecule has 1 fully saturated rings. The van der Waals surface area contributed by atoms with Crippen molar-refractivity contribution >= 4 is 40.4 Å². The van der Waals surface area contributed by atoms with E-state index in [1.54, 1.807) is 18.4 Å². The van der Waals surface area contributed by atoms with E-state index >= 15 is 0 Å². The number of amides is 1. The van der Waals surface area contributed by atoms with Crippen LogP contribution in [0.2, 0.25) is 9.36 Å². The molecule has 1 aromatic heterocycles. The van der Waals surface area contributed by atoms with Crippen molar-refractivity contribution in [3.8, 4) is 0 Å². The molecule has 4 rings (SSSR count). The zero-order chi connectivity index (χ0) is 20.4. The molecule has 1 atom stereocenters. The van der Waals surface area contributed by atoms with E-state index in [0.29, 0.717) is 6.42 Å². The SMILES string of the molecule is CNC(=O)[C@@H](Cc1ccccc1Cl)CN1CCC2(CC1)OCCc1cc(Cl)sc12. The molecule has 0 saturated carbocycles. The third-order valence-electron chi connectivity index (χ3n) is 6.13. The highest BCUT2D eigenvalue weighted by atomic mass is 35.5. The number of fused-ring (bicyclic) bond motifs is 2. The topological polar surface area (TPSA) is 41.6 Å². The molecule has 3 heterocycles. The van der Waals surface area contributed by atoms with Crippen LogP contribution in [0.5, 0.6) is 0 Å². The van der Waals surface area contributed by atoms with Gasteiger partial charge in [-0.25, -0.2) is 0 Å². The van der Waals surface area contributed by atoms with Gasteiger partial charge in [-0.05, 0) is 48.9 Å². The fourth-order valence-corrected chi connectivity index (χ4v) is 6.26. The number of likely N-dealkylation sites (tertiary alicyclic amines) is 1. The predicted octanol–water partition coefficient (Wildman–Crippen LogP) is 4.52. The number of carbonyl (C=O) groups excluding carboxylic acids is 1. The molecule has 2 aliphatic rings. The number of nitrogens with zero attached hydrogens (tertiary/aromatic N) is 1. The van der Waals surface area contributed by atoms with E-state index in [0.717, 1.165) is 60.4 Å². The van der Waals surface area contributed by atoms with Crippen LogP contribution in [0.3, 0.4) is 0 Å². The van der Waals surface area contributed by atoms with E-state index in [1.807, 2.05) is 24.3 Å². The van der Waals surface area contributed by atoms with Crippen molar-refractivity contribution in [2.24, 2.45) is 5.92 Å². The number of piperidine rings is 1. The van der Waals surface area contributed by atoms with Crippen LogP contribution in [0.25, 0.3) is 0 Å². The minimum atomic E-state index is -0.201. The monoisotopic (exact) mass is 452 g/mol. The van der Waals surface area contributed by atoms with Crippen LogP contribution in [0, 0.1) is 5.92 Å². The molecule has 1 aromatic carbocycles. The Kier molecular flexibility index (Phi) is 6.52. The Labute approximate surface area is 186 Å². The van der Waals surface area contributed by atoms with Crippen LogP contribution < -0.4 is 5.32 Å². The maximum Gasteiger partial charge on any atom is 0.224 e. The van der Waals surface area contributed by atoms with Gasteiger partial charge in [-0.3, -0.25) is 4.79 Å². The Bertz CT molecular complexity index is 877. The molecule has 156 valence electrons. The van der Waals surface area contributed by atoms with E-state index in [4.69, 9.17) is 27.9 Å². The minimum Gasteiger partial charge on any atom is -0.369 e. The van der Waals surface area contributed by atoms with Gasteiger partial charge in [0.25, 0.3) is 0 Å².